The van der Waals surface area contributed by atoms with Crippen LogP contribution in [0.2, 0.25) is 0 Å². The van der Waals surface area contributed by atoms with E-state index in [2.05, 4.69) is 32.0 Å². The van der Waals surface area contributed by atoms with Gasteiger partial charge >= 0.3 is 6.18 Å². The first-order valence-electron chi connectivity index (χ1n) is 15.4. The van der Waals surface area contributed by atoms with Gasteiger partial charge in [-0.15, -0.1) is 0 Å². The fourth-order valence-corrected chi connectivity index (χ4v) is 6.23. The smallest absolute Gasteiger partial charge is 0.383 e. The van der Waals surface area contributed by atoms with Crippen molar-refractivity contribution < 1.29 is 22.8 Å². The molecule has 4 aromatic rings. The SMILES string of the molecule is C[C@H]1CC(=O)N[C@@H]2CCC[C@H](C2)n2nc(-c3ccc(C(=O)Nc4cc(C(F)(F)F)ccn4)cc3)c3c(N)ncc(c32)/C=C/CCN1. The van der Waals surface area contributed by atoms with Gasteiger partial charge in [-0.05, 0) is 69.8 Å². The maximum Gasteiger partial charge on any atom is 0.416 e. The molecule has 0 unspecified atom stereocenters. The molecule has 1 fully saturated rings. The van der Waals surface area contributed by atoms with E-state index in [1.165, 1.54) is 0 Å². The largest absolute Gasteiger partial charge is 0.416 e. The molecule has 1 saturated carbocycles. The Hall–Kier alpha value is -4.78. The first kappa shape index (κ1) is 31.2. The van der Waals surface area contributed by atoms with Gasteiger partial charge < -0.3 is 21.7 Å². The second-order valence-electron chi connectivity index (χ2n) is 11.9. The summed E-state index contributed by atoms with van der Waals surface area (Å²) in [6.07, 6.45) is 6.88. The highest BCUT2D eigenvalue weighted by molar-refractivity contribution is 6.06. The number of carbonyl (C=O) groups excluding carboxylic acids is 2. The Bertz CT molecular complexity index is 1780. The molecule has 1 aliphatic carbocycles. The third kappa shape index (κ3) is 6.74. The predicted octanol–water partition coefficient (Wildman–Crippen LogP) is 5.73. The number of nitrogens with zero attached hydrogens (tertiary/aromatic N) is 4. The Balaban J connectivity index is 1.35. The van der Waals surface area contributed by atoms with Crippen molar-refractivity contribution >= 4 is 40.4 Å². The number of hydrogen-bond donors (Lipinski definition) is 4. The second kappa shape index (κ2) is 12.9. The summed E-state index contributed by atoms with van der Waals surface area (Å²) in [6, 6.07) is 8.34. The topological polar surface area (TPSA) is 140 Å². The van der Waals surface area contributed by atoms with Crippen LogP contribution in [0.4, 0.5) is 24.8 Å². The van der Waals surface area contributed by atoms with Crippen LogP contribution in [0.1, 0.15) is 73.0 Å². The number of halogens is 3. The van der Waals surface area contributed by atoms with Crippen LogP contribution in [0, 0.1) is 0 Å². The van der Waals surface area contributed by atoms with E-state index < -0.39 is 17.6 Å². The van der Waals surface area contributed by atoms with Crippen molar-refractivity contribution in [2.45, 2.75) is 69.8 Å². The molecule has 0 saturated heterocycles. The second-order valence-corrected chi connectivity index (χ2v) is 11.9. The standard InChI is InChI=1S/C33H35F3N8O2/c1-19-15-27(45)41-24-6-4-7-25(17-24)44-30-22(5-2-3-13-38-19)18-40-31(37)28(30)29(43-44)20-8-10-21(11-9-20)32(46)42-26-16-23(12-14-39-26)33(34,35)36/h2,5,8-12,14,16,18-19,24-25,38H,3-4,6-7,13,15,17H2,1H3,(H2,37,40)(H,41,45)(H,39,42,46)/b5-2+/t19-,24+,25+/m0/s1. The van der Waals surface area contributed by atoms with Crippen LogP contribution < -0.4 is 21.7 Å². The van der Waals surface area contributed by atoms with E-state index in [4.69, 9.17) is 10.8 Å². The van der Waals surface area contributed by atoms with E-state index in [1.54, 1.807) is 30.5 Å². The lowest BCUT2D eigenvalue weighted by molar-refractivity contribution is -0.137. The minimum atomic E-state index is -4.56. The molecule has 2 aliphatic rings. The summed E-state index contributed by atoms with van der Waals surface area (Å²) in [4.78, 5) is 34.0. The monoisotopic (exact) mass is 632 g/mol. The zero-order chi connectivity index (χ0) is 32.4. The number of carbonyl (C=O) groups is 2. The number of alkyl halides is 3. The normalized spacial score (nSPS) is 21.6. The first-order valence-corrected chi connectivity index (χ1v) is 15.4. The predicted molar refractivity (Wildman–Crippen MR) is 170 cm³/mol. The molecule has 10 nitrogen and oxygen atoms in total. The molecule has 0 radical (unpaired) electrons. The maximum atomic E-state index is 13.1. The van der Waals surface area contributed by atoms with E-state index in [0.29, 0.717) is 28.9 Å². The minimum Gasteiger partial charge on any atom is -0.383 e. The molecule has 5 N–H and O–H groups in total. The number of fused-ring (bicyclic) bond motifs is 3. The number of anilines is 2. The fourth-order valence-electron chi connectivity index (χ4n) is 6.23. The number of aromatic nitrogens is 4. The quantitative estimate of drug-likeness (QED) is 0.226. The zero-order valence-electron chi connectivity index (χ0n) is 25.3. The van der Waals surface area contributed by atoms with Gasteiger partial charge in [-0.2, -0.15) is 18.3 Å². The van der Waals surface area contributed by atoms with Crippen LogP contribution >= 0.6 is 0 Å². The van der Waals surface area contributed by atoms with Crippen molar-refractivity contribution in [3.63, 3.8) is 0 Å². The van der Waals surface area contributed by atoms with Gasteiger partial charge in [0.25, 0.3) is 5.91 Å². The van der Waals surface area contributed by atoms with Gasteiger partial charge in [0.1, 0.15) is 17.3 Å². The van der Waals surface area contributed by atoms with E-state index in [1.807, 2.05) is 17.7 Å². The summed E-state index contributed by atoms with van der Waals surface area (Å²) in [7, 11) is 0. The van der Waals surface area contributed by atoms with Crippen molar-refractivity contribution in [2.75, 3.05) is 17.6 Å². The van der Waals surface area contributed by atoms with Crippen molar-refractivity contribution in [1.29, 1.82) is 0 Å². The van der Waals surface area contributed by atoms with Gasteiger partial charge in [-0.3, -0.25) is 14.3 Å². The maximum absolute atomic E-state index is 13.1. The molecule has 240 valence electrons. The van der Waals surface area contributed by atoms with Crippen molar-refractivity contribution in [2.24, 2.45) is 0 Å². The molecule has 2 bridgehead atoms. The number of benzene rings is 1. The highest BCUT2D eigenvalue weighted by Gasteiger charge is 2.31. The summed E-state index contributed by atoms with van der Waals surface area (Å²) in [5, 5.41) is 14.8. The van der Waals surface area contributed by atoms with Crippen LogP contribution in [0.25, 0.3) is 28.2 Å². The number of nitrogen functional groups attached to an aromatic ring is 1. The fraction of sp³-hybridized carbons (Fsp3) is 0.364. The van der Waals surface area contributed by atoms with Crippen LogP contribution in [0.5, 0.6) is 0 Å². The Labute approximate surface area is 263 Å². The van der Waals surface area contributed by atoms with Crippen LogP contribution in [0.3, 0.4) is 0 Å². The molecule has 6 rings (SSSR count). The Morgan fingerprint density at radius 3 is 2.72 bits per heavy atom. The molecule has 13 heteroatoms. The summed E-state index contributed by atoms with van der Waals surface area (Å²) in [6.45, 7) is 2.74. The number of hydrogen-bond acceptors (Lipinski definition) is 7. The van der Waals surface area contributed by atoms with Crippen molar-refractivity contribution in [1.82, 2.24) is 30.4 Å². The summed E-state index contributed by atoms with van der Waals surface area (Å²) in [5.41, 5.74) is 8.85. The zero-order valence-corrected chi connectivity index (χ0v) is 25.3. The lowest BCUT2D eigenvalue weighted by atomic mass is 9.90. The first-order chi connectivity index (χ1) is 22.1. The number of rotatable bonds is 3. The lowest BCUT2D eigenvalue weighted by Crippen LogP contribution is -2.41. The number of pyridine rings is 2. The molecular formula is C33H35F3N8O2. The lowest BCUT2D eigenvalue weighted by Gasteiger charge is -2.31. The number of nitrogens with two attached hydrogens (primary N) is 1. The highest BCUT2D eigenvalue weighted by atomic mass is 19.4. The number of amides is 2. The molecular weight excluding hydrogens is 597 g/mol. The van der Waals surface area contributed by atoms with Gasteiger partial charge in [-0.1, -0.05) is 24.3 Å². The molecule has 1 aromatic carbocycles. The van der Waals surface area contributed by atoms with Gasteiger partial charge in [-0.25, -0.2) is 9.97 Å². The average molecular weight is 633 g/mol. The molecule has 3 aromatic heterocycles. The third-order valence-electron chi connectivity index (χ3n) is 8.48. The van der Waals surface area contributed by atoms with Gasteiger partial charge in [0, 0.05) is 47.6 Å². The minimum absolute atomic E-state index is 0.00920. The van der Waals surface area contributed by atoms with Gasteiger partial charge in [0.2, 0.25) is 5.91 Å². The molecule has 0 spiro atoms. The van der Waals surface area contributed by atoms with Gasteiger partial charge in [0.15, 0.2) is 0 Å². The van der Waals surface area contributed by atoms with E-state index in [9.17, 15) is 22.8 Å². The van der Waals surface area contributed by atoms with Crippen LogP contribution in [-0.4, -0.2) is 50.2 Å². The van der Waals surface area contributed by atoms with E-state index in [-0.39, 0.29) is 35.4 Å². The molecule has 1 aliphatic heterocycles. The van der Waals surface area contributed by atoms with Crippen LogP contribution in [0.15, 0.2) is 54.9 Å². The summed E-state index contributed by atoms with van der Waals surface area (Å²) >= 11 is 0. The average Bonchev–Trinajstić information content (AvgIpc) is 3.43. The van der Waals surface area contributed by atoms with E-state index in [0.717, 1.165) is 68.1 Å². The number of nitrogens with one attached hydrogen (secondary N) is 3. The van der Waals surface area contributed by atoms with Crippen molar-refractivity contribution in [3.05, 3.63) is 71.6 Å². The Morgan fingerprint density at radius 2 is 1.93 bits per heavy atom. The van der Waals surface area contributed by atoms with E-state index >= 15 is 0 Å². The Kier molecular flexibility index (Phi) is 8.76. The van der Waals surface area contributed by atoms with Crippen LogP contribution in [-0.2, 0) is 11.0 Å². The van der Waals surface area contributed by atoms with Gasteiger partial charge in [0.05, 0.1) is 22.5 Å². The molecule has 3 atom stereocenters. The molecule has 46 heavy (non-hydrogen) atoms. The third-order valence-corrected chi connectivity index (χ3v) is 8.48. The molecule has 2 amide bonds. The summed E-state index contributed by atoms with van der Waals surface area (Å²) < 4.78 is 41.3. The summed E-state index contributed by atoms with van der Waals surface area (Å²) in [5.74, 6) is -0.454. The Morgan fingerprint density at radius 1 is 1.13 bits per heavy atom. The highest BCUT2D eigenvalue weighted by Crippen LogP contribution is 2.39. The van der Waals surface area contributed by atoms with Crippen molar-refractivity contribution in [3.8, 4) is 11.3 Å². The molecule has 4 heterocycles.